The van der Waals surface area contributed by atoms with Gasteiger partial charge < -0.3 is 19.5 Å². The van der Waals surface area contributed by atoms with Gasteiger partial charge in [-0.2, -0.15) is 0 Å². The summed E-state index contributed by atoms with van der Waals surface area (Å²) in [5, 5.41) is 3.49. The zero-order chi connectivity index (χ0) is 19.4. The van der Waals surface area contributed by atoms with Gasteiger partial charge in [-0.15, -0.1) is 0 Å². The van der Waals surface area contributed by atoms with Crippen molar-refractivity contribution in [2.45, 2.75) is 57.3 Å². The molecule has 2 aliphatic heterocycles. The van der Waals surface area contributed by atoms with Gasteiger partial charge >= 0.3 is 5.97 Å². The number of ether oxygens (including phenoxy) is 3. The fourth-order valence-corrected chi connectivity index (χ4v) is 6.40. The summed E-state index contributed by atoms with van der Waals surface area (Å²) < 4.78 is 17.3. The van der Waals surface area contributed by atoms with E-state index in [0.717, 1.165) is 30.8 Å². The van der Waals surface area contributed by atoms with Gasteiger partial charge in [0.05, 0.1) is 25.2 Å². The topological polar surface area (TPSA) is 60.1 Å². The standard InChI is InChI=1S/C23H31NO4/c1-22-8-5-9-23(14-27-23)20(22)10-16-17(21(25)28-19(16)11-22)13-24-12-15-6-3-4-7-18(15)26-2/h3-4,6-7,16-17,19-20,24H,5,8-14H2,1-2H3/t16-,17-,19-,20+,22-,23+/m1/s1. The summed E-state index contributed by atoms with van der Waals surface area (Å²) in [6.45, 7) is 4.67. The van der Waals surface area contributed by atoms with Crippen molar-refractivity contribution in [1.29, 1.82) is 0 Å². The summed E-state index contributed by atoms with van der Waals surface area (Å²) in [5.74, 6) is 1.69. The SMILES string of the molecule is COc1ccccc1CNC[C@H]1C(=O)O[C@@H]2C[C@@]3(C)CCC[C@]4(CO4)[C@H]3C[C@@H]21. The van der Waals surface area contributed by atoms with E-state index < -0.39 is 0 Å². The van der Waals surface area contributed by atoms with E-state index in [2.05, 4.69) is 18.3 Å². The van der Waals surface area contributed by atoms with Crippen molar-refractivity contribution in [3.05, 3.63) is 29.8 Å². The molecule has 1 aromatic carbocycles. The number of methoxy groups -OCH3 is 1. The summed E-state index contributed by atoms with van der Waals surface area (Å²) in [6.07, 6.45) is 5.81. The van der Waals surface area contributed by atoms with Gasteiger partial charge in [0.25, 0.3) is 0 Å². The van der Waals surface area contributed by atoms with Crippen molar-refractivity contribution in [3.8, 4) is 5.75 Å². The lowest BCUT2D eigenvalue weighted by molar-refractivity contribution is -0.147. The van der Waals surface area contributed by atoms with Crippen LogP contribution in [0.3, 0.4) is 0 Å². The van der Waals surface area contributed by atoms with Crippen LogP contribution in [0.15, 0.2) is 24.3 Å². The number of nitrogens with one attached hydrogen (secondary N) is 1. The molecule has 0 unspecified atom stereocenters. The van der Waals surface area contributed by atoms with Gasteiger partial charge in [-0.1, -0.05) is 25.1 Å². The quantitative estimate of drug-likeness (QED) is 0.622. The number of carbonyl (C=O) groups excluding carboxylic acids is 1. The minimum absolute atomic E-state index is 0.0180. The van der Waals surface area contributed by atoms with E-state index >= 15 is 0 Å². The second-order valence-corrected chi connectivity index (χ2v) is 9.54. The number of hydrogen-bond acceptors (Lipinski definition) is 5. The summed E-state index contributed by atoms with van der Waals surface area (Å²) in [4.78, 5) is 12.7. The van der Waals surface area contributed by atoms with Crippen molar-refractivity contribution in [1.82, 2.24) is 5.32 Å². The minimum Gasteiger partial charge on any atom is -0.496 e. The Morgan fingerprint density at radius 1 is 1.29 bits per heavy atom. The third kappa shape index (κ3) is 2.94. The van der Waals surface area contributed by atoms with Crippen molar-refractivity contribution in [2.24, 2.45) is 23.2 Å². The molecule has 2 heterocycles. The maximum Gasteiger partial charge on any atom is 0.310 e. The molecule has 0 radical (unpaired) electrons. The highest BCUT2D eigenvalue weighted by Crippen LogP contribution is 2.62. The maximum absolute atomic E-state index is 12.7. The van der Waals surface area contributed by atoms with E-state index in [-0.39, 0.29) is 29.0 Å². The van der Waals surface area contributed by atoms with Gasteiger partial charge in [-0.3, -0.25) is 4.79 Å². The number of benzene rings is 1. The van der Waals surface area contributed by atoms with E-state index in [0.29, 0.717) is 24.9 Å². The molecule has 1 spiro atoms. The van der Waals surface area contributed by atoms with Crippen LogP contribution in [-0.4, -0.2) is 37.9 Å². The van der Waals surface area contributed by atoms with Crippen LogP contribution in [0, 0.1) is 23.2 Å². The first-order valence-corrected chi connectivity index (χ1v) is 10.7. The lowest BCUT2D eigenvalue weighted by Crippen LogP contribution is -2.51. The van der Waals surface area contributed by atoms with E-state index in [1.54, 1.807) is 7.11 Å². The average molecular weight is 386 g/mol. The molecule has 0 aromatic heterocycles. The van der Waals surface area contributed by atoms with Crippen molar-refractivity contribution in [2.75, 3.05) is 20.3 Å². The third-order valence-corrected chi connectivity index (χ3v) is 7.95. The molecular formula is C23H31NO4. The van der Waals surface area contributed by atoms with E-state index in [4.69, 9.17) is 14.2 Å². The molecule has 4 fully saturated rings. The van der Waals surface area contributed by atoms with Crippen LogP contribution in [0.4, 0.5) is 0 Å². The largest absolute Gasteiger partial charge is 0.496 e. The molecule has 5 nitrogen and oxygen atoms in total. The van der Waals surface area contributed by atoms with Crippen LogP contribution >= 0.6 is 0 Å². The molecule has 2 saturated heterocycles. The Bertz CT molecular complexity index is 761. The highest BCUT2D eigenvalue weighted by Gasteiger charge is 2.64. The van der Waals surface area contributed by atoms with Crippen molar-refractivity contribution in [3.63, 3.8) is 0 Å². The molecule has 152 valence electrons. The summed E-state index contributed by atoms with van der Waals surface area (Å²) in [6, 6.07) is 8.01. The Hall–Kier alpha value is -1.59. The fourth-order valence-electron chi connectivity index (χ4n) is 6.40. The Morgan fingerprint density at radius 2 is 2.11 bits per heavy atom. The molecule has 2 saturated carbocycles. The van der Waals surface area contributed by atoms with Gasteiger partial charge in [0.15, 0.2) is 0 Å². The van der Waals surface area contributed by atoms with Gasteiger partial charge in [-0.25, -0.2) is 0 Å². The first kappa shape index (κ1) is 18.4. The molecule has 2 aliphatic carbocycles. The first-order chi connectivity index (χ1) is 13.5. The lowest BCUT2D eigenvalue weighted by Gasteiger charge is -2.51. The van der Waals surface area contributed by atoms with Crippen LogP contribution < -0.4 is 10.1 Å². The zero-order valence-electron chi connectivity index (χ0n) is 16.9. The van der Waals surface area contributed by atoms with E-state index in [1.165, 1.54) is 19.3 Å². The van der Waals surface area contributed by atoms with Crippen LogP contribution in [0.5, 0.6) is 5.75 Å². The second kappa shape index (κ2) is 6.74. The maximum atomic E-state index is 12.7. The Kier molecular flexibility index (Phi) is 4.44. The monoisotopic (exact) mass is 385 g/mol. The molecule has 28 heavy (non-hydrogen) atoms. The third-order valence-electron chi connectivity index (χ3n) is 7.95. The molecule has 5 heteroatoms. The summed E-state index contributed by atoms with van der Waals surface area (Å²) in [5.41, 5.74) is 1.48. The molecule has 6 atom stereocenters. The molecule has 0 amide bonds. The van der Waals surface area contributed by atoms with Crippen LogP contribution in [0.2, 0.25) is 0 Å². The Morgan fingerprint density at radius 3 is 2.89 bits per heavy atom. The number of fused-ring (bicyclic) bond motifs is 3. The van der Waals surface area contributed by atoms with E-state index in [9.17, 15) is 4.79 Å². The van der Waals surface area contributed by atoms with Crippen LogP contribution in [0.25, 0.3) is 0 Å². The van der Waals surface area contributed by atoms with Gasteiger partial charge in [0, 0.05) is 24.6 Å². The second-order valence-electron chi connectivity index (χ2n) is 9.54. The molecule has 5 rings (SSSR count). The van der Waals surface area contributed by atoms with E-state index in [1.807, 2.05) is 18.2 Å². The average Bonchev–Trinajstić information content (AvgIpc) is 3.38. The van der Waals surface area contributed by atoms with Crippen molar-refractivity contribution >= 4 is 5.97 Å². The van der Waals surface area contributed by atoms with Crippen LogP contribution in [0.1, 0.15) is 44.6 Å². The first-order valence-electron chi connectivity index (χ1n) is 10.7. The normalized spacial score (nSPS) is 41.3. The highest BCUT2D eigenvalue weighted by molar-refractivity contribution is 5.75. The number of epoxide rings is 1. The van der Waals surface area contributed by atoms with Crippen molar-refractivity contribution < 1.29 is 19.0 Å². The smallest absolute Gasteiger partial charge is 0.310 e. The Balaban J connectivity index is 1.27. The summed E-state index contributed by atoms with van der Waals surface area (Å²) in [7, 11) is 1.69. The number of para-hydroxylation sites is 1. The summed E-state index contributed by atoms with van der Waals surface area (Å²) >= 11 is 0. The van der Waals surface area contributed by atoms with Gasteiger partial charge in [-0.05, 0) is 49.5 Å². The predicted octanol–water partition coefficient (Wildman–Crippen LogP) is 3.31. The number of hydrogen-bond donors (Lipinski definition) is 1. The molecule has 0 bridgehead atoms. The zero-order valence-corrected chi connectivity index (χ0v) is 16.9. The molecule has 1 aromatic rings. The predicted molar refractivity (Wildman–Crippen MR) is 105 cm³/mol. The lowest BCUT2D eigenvalue weighted by atomic mass is 9.53. The molecule has 1 N–H and O–H groups in total. The highest BCUT2D eigenvalue weighted by atomic mass is 16.6. The number of esters is 1. The molecular weight excluding hydrogens is 354 g/mol. The van der Waals surface area contributed by atoms with Gasteiger partial charge in [0.2, 0.25) is 0 Å². The minimum atomic E-state index is -0.0537. The fraction of sp³-hybridized carbons (Fsp3) is 0.696. The number of carbonyl (C=O) groups is 1. The van der Waals surface area contributed by atoms with Gasteiger partial charge in [0.1, 0.15) is 11.9 Å². The Labute approximate surface area is 167 Å². The molecule has 4 aliphatic rings. The van der Waals surface area contributed by atoms with Crippen LogP contribution in [-0.2, 0) is 20.8 Å². The number of rotatable bonds is 5.